The van der Waals surface area contributed by atoms with E-state index in [1.165, 1.54) is 5.69 Å². The minimum absolute atomic E-state index is 0.808. The standard InChI is InChI=1S/C14H17BrN2O2/c1-17-9-16-14(15)12(17)7-5-10-4-6-11(18-2)8-13(10)19-3/h4,6,8-9H,5,7H2,1-3H3. The highest BCUT2D eigenvalue weighted by Crippen LogP contribution is 2.26. The van der Waals surface area contributed by atoms with Gasteiger partial charge in [0.2, 0.25) is 0 Å². The number of imidazole rings is 1. The van der Waals surface area contributed by atoms with Gasteiger partial charge in [0.25, 0.3) is 0 Å². The van der Waals surface area contributed by atoms with Crippen molar-refractivity contribution in [1.29, 1.82) is 0 Å². The molecule has 5 heteroatoms. The Morgan fingerprint density at radius 1 is 1.21 bits per heavy atom. The zero-order chi connectivity index (χ0) is 13.8. The van der Waals surface area contributed by atoms with Crippen LogP contribution in [-0.2, 0) is 19.9 Å². The molecule has 2 aromatic rings. The average Bonchev–Trinajstić information content (AvgIpc) is 2.75. The molecule has 1 heterocycles. The molecule has 0 saturated carbocycles. The van der Waals surface area contributed by atoms with E-state index in [1.54, 1.807) is 14.2 Å². The first-order valence-electron chi connectivity index (χ1n) is 6.02. The lowest BCUT2D eigenvalue weighted by Crippen LogP contribution is -2.01. The number of methoxy groups -OCH3 is 2. The van der Waals surface area contributed by atoms with Crippen molar-refractivity contribution in [2.45, 2.75) is 12.8 Å². The molecule has 0 saturated heterocycles. The number of aromatic nitrogens is 2. The van der Waals surface area contributed by atoms with Gasteiger partial charge < -0.3 is 14.0 Å². The number of benzene rings is 1. The molecule has 19 heavy (non-hydrogen) atoms. The first-order valence-corrected chi connectivity index (χ1v) is 6.81. The number of hydrogen-bond donors (Lipinski definition) is 0. The van der Waals surface area contributed by atoms with Gasteiger partial charge in [-0.1, -0.05) is 6.07 Å². The van der Waals surface area contributed by atoms with Crippen molar-refractivity contribution in [1.82, 2.24) is 9.55 Å². The normalized spacial score (nSPS) is 10.5. The Balaban J connectivity index is 2.15. The number of rotatable bonds is 5. The van der Waals surface area contributed by atoms with Crippen molar-refractivity contribution >= 4 is 15.9 Å². The summed E-state index contributed by atoms with van der Waals surface area (Å²) >= 11 is 3.47. The lowest BCUT2D eigenvalue weighted by atomic mass is 10.1. The minimum Gasteiger partial charge on any atom is -0.497 e. The molecule has 102 valence electrons. The fraction of sp³-hybridized carbons (Fsp3) is 0.357. The van der Waals surface area contributed by atoms with Crippen molar-refractivity contribution in [3.05, 3.63) is 40.4 Å². The number of nitrogens with zero attached hydrogens (tertiary/aromatic N) is 2. The van der Waals surface area contributed by atoms with Crippen LogP contribution in [0.5, 0.6) is 11.5 Å². The second-order valence-electron chi connectivity index (χ2n) is 4.27. The maximum absolute atomic E-state index is 5.40. The molecule has 0 radical (unpaired) electrons. The quantitative estimate of drug-likeness (QED) is 0.848. The molecule has 1 aromatic carbocycles. The summed E-state index contributed by atoms with van der Waals surface area (Å²) in [5, 5.41) is 0. The Hall–Kier alpha value is -1.49. The monoisotopic (exact) mass is 324 g/mol. The summed E-state index contributed by atoms with van der Waals surface area (Å²) in [6.07, 6.45) is 3.61. The summed E-state index contributed by atoms with van der Waals surface area (Å²) in [6.45, 7) is 0. The molecule has 0 aliphatic carbocycles. The van der Waals surface area contributed by atoms with Gasteiger partial charge in [-0.3, -0.25) is 0 Å². The molecule has 0 aliphatic heterocycles. The predicted molar refractivity (Wildman–Crippen MR) is 77.9 cm³/mol. The molecule has 0 bridgehead atoms. The van der Waals surface area contributed by atoms with Crippen molar-refractivity contribution in [3.63, 3.8) is 0 Å². The highest BCUT2D eigenvalue weighted by atomic mass is 79.9. The molecule has 0 amide bonds. The molecule has 0 aliphatic rings. The minimum atomic E-state index is 0.808. The Morgan fingerprint density at radius 2 is 2.00 bits per heavy atom. The van der Waals surface area contributed by atoms with E-state index in [2.05, 4.69) is 20.9 Å². The molecule has 4 nitrogen and oxygen atoms in total. The Bertz CT molecular complexity index is 547. The molecule has 1 aromatic heterocycles. The SMILES string of the molecule is COc1ccc(CCc2c(Br)ncn2C)c(OC)c1. The van der Waals surface area contributed by atoms with E-state index in [0.717, 1.165) is 34.5 Å². The third-order valence-electron chi connectivity index (χ3n) is 3.13. The zero-order valence-corrected chi connectivity index (χ0v) is 12.9. The van der Waals surface area contributed by atoms with E-state index in [-0.39, 0.29) is 0 Å². The second kappa shape index (κ2) is 6.10. The van der Waals surface area contributed by atoms with Crippen LogP contribution in [0.15, 0.2) is 29.1 Å². The molecule has 0 fully saturated rings. The maximum Gasteiger partial charge on any atom is 0.127 e. The van der Waals surface area contributed by atoms with Crippen LogP contribution in [0, 0.1) is 0 Å². The summed E-state index contributed by atoms with van der Waals surface area (Å²) < 4.78 is 13.5. The van der Waals surface area contributed by atoms with Gasteiger partial charge in [-0.15, -0.1) is 0 Å². The van der Waals surface area contributed by atoms with Gasteiger partial charge in [-0.05, 0) is 40.4 Å². The van der Waals surface area contributed by atoms with Gasteiger partial charge in [-0.25, -0.2) is 4.98 Å². The molecule has 0 spiro atoms. The Kier molecular flexibility index (Phi) is 4.47. The van der Waals surface area contributed by atoms with Crippen LogP contribution >= 0.6 is 15.9 Å². The third kappa shape index (κ3) is 3.10. The van der Waals surface area contributed by atoms with Crippen LogP contribution in [0.25, 0.3) is 0 Å². The zero-order valence-electron chi connectivity index (χ0n) is 11.3. The van der Waals surface area contributed by atoms with Gasteiger partial charge in [0.05, 0.1) is 26.2 Å². The van der Waals surface area contributed by atoms with Crippen LogP contribution in [-0.4, -0.2) is 23.8 Å². The molecular formula is C14H17BrN2O2. The van der Waals surface area contributed by atoms with Crippen LogP contribution in [0.2, 0.25) is 0 Å². The van der Waals surface area contributed by atoms with Crippen molar-refractivity contribution in [3.8, 4) is 11.5 Å². The first-order chi connectivity index (χ1) is 9.15. The van der Waals surface area contributed by atoms with Crippen molar-refractivity contribution in [2.24, 2.45) is 7.05 Å². The van der Waals surface area contributed by atoms with E-state index in [0.29, 0.717) is 0 Å². The van der Waals surface area contributed by atoms with E-state index >= 15 is 0 Å². The predicted octanol–water partition coefficient (Wildman–Crippen LogP) is 2.99. The fourth-order valence-corrected chi connectivity index (χ4v) is 2.59. The lowest BCUT2D eigenvalue weighted by molar-refractivity contribution is 0.391. The van der Waals surface area contributed by atoms with Crippen LogP contribution in [0.4, 0.5) is 0 Å². The summed E-state index contributed by atoms with van der Waals surface area (Å²) in [4.78, 5) is 4.23. The summed E-state index contributed by atoms with van der Waals surface area (Å²) in [5.74, 6) is 1.67. The van der Waals surface area contributed by atoms with Crippen molar-refractivity contribution in [2.75, 3.05) is 14.2 Å². The third-order valence-corrected chi connectivity index (χ3v) is 3.80. The summed E-state index contributed by atoms with van der Waals surface area (Å²) in [7, 11) is 5.33. The van der Waals surface area contributed by atoms with E-state index in [1.807, 2.05) is 36.1 Å². The van der Waals surface area contributed by atoms with Gasteiger partial charge in [0.15, 0.2) is 0 Å². The van der Waals surface area contributed by atoms with Crippen LogP contribution < -0.4 is 9.47 Å². The molecule has 0 unspecified atom stereocenters. The van der Waals surface area contributed by atoms with Crippen molar-refractivity contribution < 1.29 is 9.47 Å². The maximum atomic E-state index is 5.40. The van der Waals surface area contributed by atoms with Gasteiger partial charge >= 0.3 is 0 Å². The number of aryl methyl sites for hydroxylation is 2. The smallest absolute Gasteiger partial charge is 0.127 e. The summed E-state index contributed by atoms with van der Waals surface area (Å²) in [5.41, 5.74) is 2.34. The van der Waals surface area contributed by atoms with Crippen LogP contribution in [0.3, 0.4) is 0 Å². The highest BCUT2D eigenvalue weighted by Gasteiger charge is 2.09. The first kappa shape index (κ1) is 13.9. The molecule has 2 rings (SSSR count). The van der Waals surface area contributed by atoms with Gasteiger partial charge in [0.1, 0.15) is 16.1 Å². The van der Waals surface area contributed by atoms with E-state index in [9.17, 15) is 0 Å². The molecular weight excluding hydrogens is 308 g/mol. The number of ether oxygens (including phenoxy) is 2. The van der Waals surface area contributed by atoms with E-state index in [4.69, 9.17) is 9.47 Å². The van der Waals surface area contributed by atoms with Gasteiger partial charge in [-0.2, -0.15) is 0 Å². The Morgan fingerprint density at radius 3 is 2.58 bits per heavy atom. The Labute approximate surface area is 121 Å². The fourth-order valence-electron chi connectivity index (χ4n) is 2.02. The van der Waals surface area contributed by atoms with Gasteiger partial charge in [0, 0.05) is 13.1 Å². The molecule has 0 atom stereocenters. The number of hydrogen-bond acceptors (Lipinski definition) is 3. The highest BCUT2D eigenvalue weighted by molar-refractivity contribution is 9.10. The summed E-state index contributed by atoms with van der Waals surface area (Å²) in [6, 6.07) is 5.91. The molecule has 0 N–H and O–H groups in total. The topological polar surface area (TPSA) is 36.3 Å². The number of halogens is 1. The largest absolute Gasteiger partial charge is 0.497 e. The lowest BCUT2D eigenvalue weighted by Gasteiger charge is -2.10. The van der Waals surface area contributed by atoms with Crippen LogP contribution in [0.1, 0.15) is 11.3 Å². The van der Waals surface area contributed by atoms with E-state index < -0.39 is 0 Å². The second-order valence-corrected chi connectivity index (χ2v) is 5.02. The average molecular weight is 325 g/mol.